The second-order valence-corrected chi connectivity index (χ2v) is 7.01. The van der Waals surface area contributed by atoms with Gasteiger partial charge < -0.3 is 24.6 Å². The van der Waals surface area contributed by atoms with E-state index in [9.17, 15) is 22.8 Å². The molecule has 174 valence electrons. The van der Waals surface area contributed by atoms with Crippen molar-refractivity contribution in [3.8, 4) is 11.5 Å². The van der Waals surface area contributed by atoms with Gasteiger partial charge in [0.25, 0.3) is 5.91 Å². The minimum Gasteiger partial charge on any atom is -0.496 e. The van der Waals surface area contributed by atoms with Crippen LogP contribution in [0.1, 0.15) is 11.1 Å². The van der Waals surface area contributed by atoms with Crippen LogP contribution in [0.2, 0.25) is 5.02 Å². The number of alkyl halides is 3. The van der Waals surface area contributed by atoms with E-state index in [0.29, 0.717) is 27.6 Å². The Morgan fingerprint density at radius 1 is 1.16 bits per heavy atom. The van der Waals surface area contributed by atoms with E-state index in [4.69, 9.17) is 26.2 Å². The molecule has 2 rings (SSSR count). The molecule has 2 N–H and O–H groups in total. The summed E-state index contributed by atoms with van der Waals surface area (Å²) in [7, 11) is 1.41. The molecule has 0 heterocycles. The second-order valence-electron chi connectivity index (χ2n) is 6.60. The average Bonchev–Trinajstić information content (AvgIpc) is 2.73. The average molecular weight is 476 g/mol. The number of amides is 1. The number of nitrogens with one attached hydrogen (secondary N) is 1. The van der Waals surface area contributed by atoms with Crippen LogP contribution in [0.5, 0.6) is 11.5 Å². The third kappa shape index (κ3) is 8.27. The van der Waals surface area contributed by atoms with E-state index >= 15 is 0 Å². The van der Waals surface area contributed by atoms with Gasteiger partial charge in [0.05, 0.1) is 12.1 Å². The number of halogens is 4. The molecule has 0 aliphatic rings. The van der Waals surface area contributed by atoms with Crippen LogP contribution in [0.4, 0.5) is 13.2 Å². The van der Waals surface area contributed by atoms with E-state index in [1.54, 1.807) is 24.3 Å². The smallest absolute Gasteiger partial charge is 0.411 e. The molecule has 1 unspecified atom stereocenters. The molecule has 1 atom stereocenters. The van der Waals surface area contributed by atoms with Gasteiger partial charge in [-0.1, -0.05) is 35.9 Å². The molecule has 0 saturated heterocycles. The Balaban J connectivity index is 2.00. The number of aliphatic carboxylic acids is 1. The molecule has 0 spiro atoms. The number of hydrogen-bond acceptors (Lipinski definition) is 5. The van der Waals surface area contributed by atoms with Gasteiger partial charge in [0.15, 0.2) is 12.7 Å². The van der Waals surface area contributed by atoms with E-state index < -0.39 is 30.8 Å². The Hall–Kier alpha value is -2.98. The quantitative estimate of drug-likeness (QED) is 0.515. The third-order valence-corrected chi connectivity index (χ3v) is 4.47. The van der Waals surface area contributed by atoms with Gasteiger partial charge in [-0.2, -0.15) is 13.2 Å². The highest BCUT2D eigenvalue weighted by atomic mass is 35.5. The molecule has 1 amide bonds. The van der Waals surface area contributed by atoms with Crippen LogP contribution in [0.25, 0.3) is 0 Å². The molecule has 7 nitrogen and oxygen atoms in total. The fraction of sp³-hybridized carbons (Fsp3) is 0.333. The lowest BCUT2D eigenvalue weighted by molar-refractivity contribution is -0.192. The molecule has 2 aromatic carbocycles. The molecule has 0 radical (unpaired) electrons. The van der Waals surface area contributed by atoms with Crippen molar-refractivity contribution in [2.24, 2.45) is 0 Å². The summed E-state index contributed by atoms with van der Waals surface area (Å²) in [5.74, 6) is -1.21. The SMILES string of the molecule is COc1ccc(CC(OCC(F)(F)F)C(=O)O)cc1CNC(=O)COc1ccccc1Cl. The van der Waals surface area contributed by atoms with Gasteiger partial charge in [0.1, 0.15) is 18.1 Å². The number of carboxylic acids is 1. The van der Waals surface area contributed by atoms with E-state index in [2.05, 4.69) is 10.1 Å². The number of ether oxygens (including phenoxy) is 3. The van der Waals surface area contributed by atoms with Crippen molar-refractivity contribution in [3.63, 3.8) is 0 Å². The number of carbonyl (C=O) groups is 2. The first kappa shape index (κ1) is 25.3. The monoisotopic (exact) mass is 475 g/mol. The van der Waals surface area contributed by atoms with Crippen molar-refractivity contribution in [1.82, 2.24) is 5.32 Å². The number of hydrogen-bond donors (Lipinski definition) is 2. The summed E-state index contributed by atoms with van der Waals surface area (Å²) in [5, 5.41) is 12.1. The summed E-state index contributed by atoms with van der Waals surface area (Å²) >= 11 is 5.96. The molecule has 0 aliphatic carbocycles. The Morgan fingerprint density at radius 3 is 2.50 bits per heavy atom. The molecule has 32 heavy (non-hydrogen) atoms. The molecule has 0 bridgehead atoms. The molecule has 0 aliphatic heterocycles. The summed E-state index contributed by atoms with van der Waals surface area (Å²) in [6.07, 6.45) is -6.63. The Bertz CT molecular complexity index is 938. The number of methoxy groups -OCH3 is 1. The zero-order valence-corrected chi connectivity index (χ0v) is 17.7. The molecule has 0 aromatic heterocycles. The van der Waals surface area contributed by atoms with Gasteiger partial charge in [-0.25, -0.2) is 4.79 Å². The predicted molar refractivity (Wildman–Crippen MR) is 109 cm³/mol. The van der Waals surface area contributed by atoms with E-state index in [1.807, 2.05) is 0 Å². The van der Waals surface area contributed by atoms with Crippen LogP contribution >= 0.6 is 11.6 Å². The van der Waals surface area contributed by atoms with Gasteiger partial charge in [-0.05, 0) is 23.8 Å². The maximum atomic E-state index is 12.4. The molecular weight excluding hydrogens is 455 g/mol. The van der Waals surface area contributed by atoms with E-state index in [0.717, 1.165) is 0 Å². The molecule has 0 fully saturated rings. The van der Waals surface area contributed by atoms with Crippen molar-refractivity contribution in [2.75, 3.05) is 20.3 Å². The standard InChI is InChI=1S/C21H21ClF3NO6/c1-30-16-7-6-13(9-18(20(28)29)32-12-21(23,24)25)8-14(16)10-26-19(27)11-31-17-5-3-2-4-15(17)22/h2-8,18H,9-12H2,1H3,(H,26,27)(H,28,29). The highest BCUT2D eigenvalue weighted by Gasteiger charge is 2.31. The summed E-state index contributed by atoms with van der Waals surface area (Å²) in [4.78, 5) is 23.4. The lowest BCUT2D eigenvalue weighted by Crippen LogP contribution is -2.31. The summed E-state index contributed by atoms with van der Waals surface area (Å²) in [6.45, 7) is -1.95. The normalized spacial score (nSPS) is 12.2. The van der Waals surface area contributed by atoms with E-state index in [-0.39, 0.29) is 19.6 Å². The maximum absolute atomic E-state index is 12.4. The van der Waals surface area contributed by atoms with Crippen molar-refractivity contribution < 1.29 is 42.1 Å². The fourth-order valence-corrected chi connectivity index (χ4v) is 2.86. The topological polar surface area (TPSA) is 94.1 Å². The maximum Gasteiger partial charge on any atom is 0.411 e. The lowest BCUT2D eigenvalue weighted by Gasteiger charge is -2.17. The van der Waals surface area contributed by atoms with Crippen LogP contribution in [0.15, 0.2) is 42.5 Å². The zero-order chi connectivity index (χ0) is 23.7. The van der Waals surface area contributed by atoms with Crippen LogP contribution in [0, 0.1) is 0 Å². The van der Waals surface area contributed by atoms with Crippen LogP contribution in [-0.2, 0) is 27.3 Å². The largest absolute Gasteiger partial charge is 0.496 e. The second kappa shape index (κ2) is 11.6. The lowest BCUT2D eigenvalue weighted by atomic mass is 10.0. The van der Waals surface area contributed by atoms with Gasteiger partial charge in [-0.15, -0.1) is 0 Å². The Morgan fingerprint density at radius 2 is 1.88 bits per heavy atom. The number of carboxylic acid groups (broad SMARTS) is 1. The molecular formula is C21H21ClF3NO6. The fourth-order valence-electron chi connectivity index (χ4n) is 2.67. The zero-order valence-electron chi connectivity index (χ0n) is 16.9. The molecule has 2 aromatic rings. The van der Waals surface area contributed by atoms with Crippen LogP contribution < -0.4 is 14.8 Å². The Kier molecular flexibility index (Phi) is 9.15. The number of rotatable bonds is 11. The number of para-hydroxylation sites is 1. The minimum absolute atomic E-state index is 0.0167. The van der Waals surface area contributed by atoms with Gasteiger partial charge >= 0.3 is 12.1 Å². The van der Waals surface area contributed by atoms with Crippen LogP contribution in [-0.4, -0.2) is 49.6 Å². The minimum atomic E-state index is -4.64. The third-order valence-electron chi connectivity index (χ3n) is 4.16. The van der Waals surface area contributed by atoms with Crippen LogP contribution in [0.3, 0.4) is 0 Å². The van der Waals surface area contributed by atoms with Gasteiger partial charge in [0.2, 0.25) is 0 Å². The first-order chi connectivity index (χ1) is 15.1. The first-order valence-electron chi connectivity index (χ1n) is 9.30. The van der Waals surface area contributed by atoms with E-state index in [1.165, 1.54) is 25.3 Å². The molecule has 11 heteroatoms. The first-order valence-corrected chi connectivity index (χ1v) is 9.68. The van der Waals surface area contributed by atoms with Crippen molar-refractivity contribution in [3.05, 3.63) is 58.6 Å². The molecule has 0 saturated carbocycles. The summed E-state index contributed by atoms with van der Waals surface area (Å²) in [6, 6.07) is 11.2. The van der Waals surface area contributed by atoms with Gasteiger partial charge in [-0.3, -0.25) is 4.79 Å². The van der Waals surface area contributed by atoms with Gasteiger partial charge in [0, 0.05) is 18.5 Å². The Labute approximate surface area is 187 Å². The van der Waals surface area contributed by atoms with Crippen molar-refractivity contribution in [2.45, 2.75) is 25.2 Å². The van der Waals surface area contributed by atoms with Crippen molar-refractivity contribution in [1.29, 1.82) is 0 Å². The summed E-state index contributed by atoms with van der Waals surface area (Å²) in [5.41, 5.74) is 0.896. The number of benzene rings is 2. The number of carbonyl (C=O) groups excluding carboxylic acids is 1. The predicted octanol–water partition coefficient (Wildman–Crippen LogP) is 3.62. The highest BCUT2D eigenvalue weighted by molar-refractivity contribution is 6.32. The van der Waals surface area contributed by atoms with Crippen molar-refractivity contribution >= 4 is 23.5 Å². The highest BCUT2D eigenvalue weighted by Crippen LogP contribution is 2.24. The summed E-state index contributed by atoms with van der Waals surface area (Å²) < 4.78 is 52.1.